The molecule has 9 heteroatoms. The Morgan fingerprint density at radius 1 is 1.29 bits per heavy atom. The van der Waals surface area contributed by atoms with Crippen LogP contribution in [0.4, 0.5) is 4.79 Å². The van der Waals surface area contributed by atoms with Gasteiger partial charge < -0.3 is 9.80 Å². The number of urea groups is 1. The topological polar surface area (TPSA) is 94.2 Å². The predicted molar refractivity (Wildman–Crippen MR) is 86.5 cm³/mol. The molecule has 0 radical (unpaired) electrons. The molecule has 2 saturated heterocycles. The molecule has 2 bridgehead atoms. The summed E-state index contributed by atoms with van der Waals surface area (Å²) < 4.78 is 0. The molecule has 0 aromatic carbocycles. The van der Waals surface area contributed by atoms with Crippen molar-refractivity contribution in [1.29, 1.82) is 0 Å². The predicted octanol–water partition coefficient (Wildman–Crippen LogP) is -0.304. The molecule has 4 amide bonds. The van der Waals surface area contributed by atoms with Crippen LogP contribution >= 0.6 is 0 Å². The summed E-state index contributed by atoms with van der Waals surface area (Å²) in [5.41, 5.74) is 4.78. The summed E-state index contributed by atoms with van der Waals surface area (Å²) in [4.78, 5) is 45.1. The van der Waals surface area contributed by atoms with Gasteiger partial charge in [-0.3, -0.25) is 25.3 Å². The van der Waals surface area contributed by atoms with E-state index in [0.717, 1.165) is 12.8 Å². The average molecular weight is 341 g/mol. The molecule has 0 aromatic rings. The van der Waals surface area contributed by atoms with Crippen LogP contribution in [0, 0.1) is 0 Å². The summed E-state index contributed by atoms with van der Waals surface area (Å²) in [7, 11) is 3.53. The molecule has 2 atom stereocenters. The van der Waals surface area contributed by atoms with Crippen molar-refractivity contribution in [2.75, 3.05) is 33.8 Å². The fourth-order valence-corrected chi connectivity index (χ4v) is 2.92. The molecule has 0 aliphatic carbocycles. The summed E-state index contributed by atoms with van der Waals surface area (Å²) >= 11 is 0. The van der Waals surface area contributed by atoms with Crippen molar-refractivity contribution in [2.24, 2.45) is 0 Å². The molecule has 9 nitrogen and oxygen atoms in total. The second-order valence-corrected chi connectivity index (χ2v) is 6.47. The largest absolute Gasteiger partial charge is 0.345 e. The number of unbranched alkanes of at least 4 members (excludes halogenated alkanes) is 1. The molecular weight excluding hydrogens is 314 g/mol. The van der Waals surface area contributed by atoms with E-state index < -0.39 is 6.04 Å². The van der Waals surface area contributed by atoms with Crippen molar-refractivity contribution in [1.82, 2.24) is 25.7 Å². The van der Waals surface area contributed by atoms with E-state index in [1.54, 1.807) is 19.0 Å². The van der Waals surface area contributed by atoms with Gasteiger partial charge in [0.1, 0.15) is 6.04 Å². The third-order valence-corrected chi connectivity index (χ3v) is 4.14. The molecule has 2 heterocycles. The fourth-order valence-electron chi connectivity index (χ4n) is 2.92. The third-order valence-electron chi connectivity index (χ3n) is 4.14. The van der Waals surface area contributed by atoms with Crippen LogP contribution in [0.1, 0.15) is 32.6 Å². The second kappa shape index (κ2) is 8.29. The van der Waals surface area contributed by atoms with Gasteiger partial charge in [-0.15, -0.1) is 0 Å². The van der Waals surface area contributed by atoms with Crippen molar-refractivity contribution < 1.29 is 19.2 Å². The van der Waals surface area contributed by atoms with Gasteiger partial charge >= 0.3 is 6.03 Å². The Kier molecular flexibility index (Phi) is 6.38. The minimum atomic E-state index is -0.576. The van der Waals surface area contributed by atoms with Gasteiger partial charge in [0.05, 0.1) is 19.2 Å². The highest BCUT2D eigenvalue weighted by atomic mass is 16.7. The number of hydroxylamine groups is 2. The van der Waals surface area contributed by atoms with E-state index in [2.05, 4.69) is 17.8 Å². The van der Waals surface area contributed by atoms with Crippen molar-refractivity contribution >= 4 is 17.8 Å². The van der Waals surface area contributed by atoms with E-state index in [0.29, 0.717) is 26.0 Å². The van der Waals surface area contributed by atoms with Crippen LogP contribution in [-0.2, 0) is 14.4 Å². The van der Waals surface area contributed by atoms with Crippen LogP contribution in [0.5, 0.6) is 0 Å². The molecule has 2 aliphatic rings. The van der Waals surface area contributed by atoms with E-state index in [4.69, 9.17) is 4.84 Å². The quantitative estimate of drug-likeness (QED) is 0.490. The Labute approximate surface area is 142 Å². The van der Waals surface area contributed by atoms with E-state index in [1.165, 1.54) is 9.96 Å². The number of piperidine rings is 1. The van der Waals surface area contributed by atoms with E-state index in [-0.39, 0.29) is 30.4 Å². The fraction of sp³-hybridized carbons (Fsp3) is 0.800. The van der Waals surface area contributed by atoms with Gasteiger partial charge in [0.15, 0.2) is 0 Å². The highest BCUT2D eigenvalue weighted by molar-refractivity contribution is 5.90. The first kappa shape index (κ1) is 18.5. The lowest BCUT2D eigenvalue weighted by Gasteiger charge is -2.29. The molecule has 0 saturated carbocycles. The van der Waals surface area contributed by atoms with E-state index in [9.17, 15) is 14.4 Å². The van der Waals surface area contributed by atoms with Crippen LogP contribution in [0.2, 0.25) is 0 Å². The van der Waals surface area contributed by atoms with Crippen molar-refractivity contribution in [2.45, 2.75) is 44.7 Å². The summed E-state index contributed by atoms with van der Waals surface area (Å²) in [5, 5.41) is 1.41. The molecule has 2 fully saturated rings. The molecule has 2 rings (SSSR count). The SMILES string of the molecule is CCCCON1C(=O)N2C[C@@H]1CC[C@H]2C(=O)NNC(=O)CN(C)C. The number of nitrogens with one attached hydrogen (secondary N) is 2. The molecule has 136 valence electrons. The number of carbonyl (C=O) groups excluding carboxylic acids is 3. The van der Waals surface area contributed by atoms with Crippen LogP contribution < -0.4 is 10.9 Å². The minimum absolute atomic E-state index is 0.00161. The number of likely N-dealkylation sites (N-methyl/N-ethyl adjacent to an activating group) is 1. The van der Waals surface area contributed by atoms with E-state index in [1.807, 2.05) is 0 Å². The van der Waals surface area contributed by atoms with Crippen molar-refractivity contribution in [3.63, 3.8) is 0 Å². The zero-order valence-corrected chi connectivity index (χ0v) is 14.6. The normalized spacial score (nSPS) is 22.9. The van der Waals surface area contributed by atoms with Gasteiger partial charge in [-0.05, 0) is 33.4 Å². The lowest BCUT2D eigenvalue weighted by molar-refractivity contribution is -0.132. The maximum atomic E-state index is 12.4. The number of hydrogen-bond donors (Lipinski definition) is 2. The monoisotopic (exact) mass is 341 g/mol. The maximum absolute atomic E-state index is 12.4. The number of rotatable bonds is 7. The van der Waals surface area contributed by atoms with E-state index >= 15 is 0 Å². The highest BCUT2D eigenvalue weighted by Crippen LogP contribution is 2.30. The first-order chi connectivity index (χ1) is 11.4. The molecule has 0 aromatic heterocycles. The number of amides is 4. The smallest absolute Gasteiger partial charge is 0.309 e. The molecule has 0 spiro atoms. The first-order valence-corrected chi connectivity index (χ1v) is 8.40. The standard InChI is InChI=1S/C15H27N5O4/c1-4-5-8-24-20-11-6-7-12(19(9-11)15(20)23)14(22)17-16-13(21)10-18(2)3/h11-12H,4-10H2,1-3H3,(H,16,21)(H,17,22)/t11-,12-/m0/s1. The van der Waals surface area contributed by atoms with Gasteiger partial charge in [0.25, 0.3) is 11.8 Å². The lowest BCUT2D eigenvalue weighted by atomic mass is 10.0. The van der Waals surface area contributed by atoms with Crippen LogP contribution in [0.25, 0.3) is 0 Å². The number of hydrogen-bond acceptors (Lipinski definition) is 5. The highest BCUT2D eigenvalue weighted by Gasteiger charge is 2.47. The maximum Gasteiger partial charge on any atom is 0.345 e. The number of nitrogens with zero attached hydrogens (tertiary/aromatic N) is 3. The Bertz CT molecular complexity index is 484. The van der Waals surface area contributed by atoms with Gasteiger partial charge in [-0.1, -0.05) is 13.3 Å². The lowest BCUT2D eigenvalue weighted by Crippen LogP contribution is -2.55. The van der Waals surface area contributed by atoms with Crippen molar-refractivity contribution in [3.8, 4) is 0 Å². The second-order valence-electron chi connectivity index (χ2n) is 6.47. The summed E-state index contributed by atoms with van der Waals surface area (Å²) in [6.07, 6.45) is 3.14. The van der Waals surface area contributed by atoms with Crippen LogP contribution in [-0.4, -0.2) is 78.6 Å². The van der Waals surface area contributed by atoms with Crippen LogP contribution in [0.15, 0.2) is 0 Å². The Hall–Kier alpha value is -1.87. The molecule has 2 N–H and O–H groups in total. The Morgan fingerprint density at radius 3 is 2.71 bits per heavy atom. The average Bonchev–Trinajstić information content (AvgIpc) is 2.77. The number of carbonyl (C=O) groups is 3. The van der Waals surface area contributed by atoms with Crippen molar-refractivity contribution in [3.05, 3.63) is 0 Å². The molecule has 24 heavy (non-hydrogen) atoms. The number of fused-ring (bicyclic) bond motifs is 2. The zero-order chi connectivity index (χ0) is 17.7. The molecule has 0 unspecified atom stereocenters. The van der Waals surface area contributed by atoms with Gasteiger partial charge in [0, 0.05) is 6.54 Å². The summed E-state index contributed by atoms with van der Waals surface area (Å²) in [6.45, 7) is 3.22. The number of hydrazine groups is 1. The molecular formula is C15H27N5O4. The summed E-state index contributed by atoms with van der Waals surface area (Å²) in [6, 6.07) is -0.844. The summed E-state index contributed by atoms with van der Waals surface area (Å²) in [5.74, 6) is -0.677. The van der Waals surface area contributed by atoms with Gasteiger partial charge in [0.2, 0.25) is 0 Å². The van der Waals surface area contributed by atoms with Gasteiger partial charge in [-0.25, -0.2) is 4.79 Å². The first-order valence-electron chi connectivity index (χ1n) is 8.40. The zero-order valence-electron chi connectivity index (χ0n) is 14.6. The van der Waals surface area contributed by atoms with Gasteiger partial charge in [-0.2, -0.15) is 5.06 Å². The third kappa shape index (κ3) is 4.35. The molecule has 2 aliphatic heterocycles. The minimum Gasteiger partial charge on any atom is -0.309 e. The van der Waals surface area contributed by atoms with Crippen LogP contribution in [0.3, 0.4) is 0 Å². The Balaban J connectivity index is 1.86. The Morgan fingerprint density at radius 2 is 2.04 bits per heavy atom.